The Labute approximate surface area is 218 Å². The number of piperidine rings is 1. The predicted octanol–water partition coefficient (Wildman–Crippen LogP) is 5.65. The zero-order valence-corrected chi connectivity index (χ0v) is 21.7. The average molecular weight is 539 g/mol. The van der Waals surface area contributed by atoms with E-state index in [0.717, 1.165) is 57.5 Å². The number of hydrogen-bond acceptors (Lipinski definition) is 5. The van der Waals surface area contributed by atoms with Crippen molar-refractivity contribution in [3.05, 3.63) is 51.7 Å². The third-order valence-corrected chi connectivity index (χ3v) is 8.38. The van der Waals surface area contributed by atoms with Crippen molar-refractivity contribution < 1.29 is 32.6 Å². The van der Waals surface area contributed by atoms with Crippen LogP contribution in [0.15, 0.2) is 36.4 Å². The number of para-hydroxylation sites is 1. The number of benzene rings is 1. The predicted molar refractivity (Wildman–Crippen MR) is 135 cm³/mol. The van der Waals surface area contributed by atoms with Crippen LogP contribution in [0, 0.1) is 6.92 Å². The number of carbonyl (C=O) groups is 2. The molecule has 3 aliphatic rings. The van der Waals surface area contributed by atoms with Crippen LogP contribution in [0.25, 0.3) is 0 Å². The van der Waals surface area contributed by atoms with Gasteiger partial charge in [-0.25, -0.2) is 4.79 Å². The van der Waals surface area contributed by atoms with Crippen LogP contribution < -0.4 is 10.1 Å². The summed E-state index contributed by atoms with van der Waals surface area (Å²) in [6, 6.07) is 13.2. The molecule has 0 radical (unpaired) electrons. The first-order chi connectivity index (χ1) is 17.5. The molecule has 2 N–H and O–H groups in total. The highest BCUT2D eigenvalue weighted by Gasteiger charge is 2.43. The second kappa shape index (κ2) is 11.4. The van der Waals surface area contributed by atoms with Crippen molar-refractivity contribution in [3.8, 4) is 5.75 Å². The topological polar surface area (TPSA) is 78.9 Å². The van der Waals surface area contributed by atoms with Crippen molar-refractivity contribution >= 4 is 23.2 Å². The number of thiophene rings is 1. The number of carboxylic acid groups (broad SMARTS) is 1. The van der Waals surface area contributed by atoms with E-state index in [4.69, 9.17) is 14.6 Å². The van der Waals surface area contributed by atoms with E-state index in [-0.39, 0.29) is 17.4 Å². The minimum atomic E-state index is -5.08. The monoisotopic (exact) mass is 538 g/mol. The molecular weight excluding hydrogens is 505 g/mol. The van der Waals surface area contributed by atoms with Crippen molar-refractivity contribution in [2.45, 2.75) is 82.2 Å². The SMILES string of the molecule is Cc1ccc(CN2CCC3(CC2)CC(CC(=O)NC2CCC2)c2ccccc2O3)s1.O=C(O)C(F)(F)F. The number of aryl methyl sites for hydroxylation is 1. The number of likely N-dealkylation sites (tertiary alicyclic amines) is 1. The smallest absolute Gasteiger partial charge is 0.487 e. The Morgan fingerprint density at radius 1 is 1.16 bits per heavy atom. The van der Waals surface area contributed by atoms with Gasteiger partial charge in [0.2, 0.25) is 5.91 Å². The van der Waals surface area contributed by atoms with Gasteiger partial charge in [-0.3, -0.25) is 9.69 Å². The Kier molecular flexibility index (Phi) is 8.48. The first kappa shape index (κ1) is 27.4. The van der Waals surface area contributed by atoms with E-state index in [1.54, 1.807) is 0 Å². The number of fused-ring (bicyclic) bond motifs is 1. The Morgan fingerprint density at radius 2 is 1.84 bits per heavy atom. The fraction of sp³-hybridized carbons (Fsp3) is 0.556. The van der Waals surface area contributed by atoms with Crippen LogP contribution in [0.4, 0.5) is 13.2 Å². The molecular formula is C27H33F3N2O4S. The largest absolute Gasteiger partial charge is 0.490 e. The molecule has 2 aromatic rings. The second-order valence-electron chi connectivity index (χ2n) is 10.2. The number of nitrogens with one attached hydrogen (secondary N) is 1. The van der Waals surface area contributed by atoms with Gasteiger partial charge in [-0.1, -0.05) is 18.2 Å². The fourth-order valence-corrected chi connectivity index (χ4v) is 6.14. The molecule has 1 saturated heterocycles. The Bertz CT molecular complexity index is 1090. The van der Waals surface area contributed by atoms with E-state index in [9.17, 15) is 18.0 Å². The van der Waals surface area contributed by atoms with Gasteiger partial charge >= 0.3 is 12.1 Å². The Hall–Kier alpha value is -2.59. The maximum Gasteiger partial charge on any atom is 0.490 e. The van der Waals surface area contributed by atoms with Crippen molar-refractivity contribution in [2.75, 3.05) is 13.1 Å². The lowest BCUT2D eigenvalue weighted by Crippen LogP contribution is -2.50. The number of carbonyl (C=O) groups excluding carboxylic acids is 1. The molecule has 6 nitrogen and oxygen atoms in total. The van der Waals surface area contributed by atoms with E-state index >= 15 is 0 Å². The number of carboxylic acids is 1. The van der Waals surface area contributed by atoms with Gasteiger partial charge in [-0.05, 0) is 69.2 Å². The number of halogens is 3. The van der Waals surface area contributed by atoms with Crippen LogP contribution in [-0.4, -0.2) is 52.8 Å². The first-order valence-electron chi connectivity index (χ1n) is 12.7. The molecule has 10 heteroatoms. The molecule has 1 aromatic heterocycles. The molecule has 3 heterocycles. The third-order valence-electron chi connectivity index (χ3n) is 7.39. The van der Waals surface area contributed by atoms with E-state index in [1.165, 1.54) is 21.7 Å². The van der Waals surface area contributed by atoms with E-state index in [1.807, 2.05) is 11.3 Å². The summed E-state index contributed by atoms with van der Waals surface area (Å²) in [6.07, 6.45) is 2.04. The number of alkyl halides is 3. The van der Waals surface area contributed by atoms with Gasteiger partial charge in [0.05, 0.1) is 0 Å². The van der Waals surface area contributed by atoms with Gasteiger partial charge in [-0.15, -0.1) is 11.3 Å². The maximum absolute atomic E-state index is 12.7. The molecule has 202 valence electrons. The zero-order chi connectivity index (χ0) is 26.6. The summed E-state index contributed by atoms with van der Waals surface area (Å²) in [5, 5.41) is 10.4. The number of amides is 1. The van der Waals surface area contributed by atoms with Gasteiger partial charge in [-0.2, -0.15) is 13.2 Å². The normalized spacial score (nSPS) is 21.1. The van der Waals surface area contributed by atoms with Crippen LogP contribution in [0.1, 0.15) is 66.2 Å². The lowest BCUT2D eigenvalue weighted by atomic mass is 9.76. The zero-order valence-electron chi connectivity index (χ0n) is 20.9. The molecule has 2 fully saturated rings. The molecule has 37 heavy (non-hydrogen) atoms. The minimum absolute atomic E-state index is 0.127. The van der Waals surface area contributed by atoms with Crippen LogP contribution >= 0.6 is 11.3 Å². The number of hydrogen-bond donors (Lipinski definition) is 2. The molecule has 1 aromatic carbocycles. The summed E-state index contributed by atoms with van der Waals surface area (Å²) in [5.41, 5.74) is 1.08. The molecule has 1 atom stereocenters. The number of nitrogens with zero attached hydrogens (tertiary/aromatic N) is 1. The highest BCUT2D eigenvalue weighted by molar-refractivity contribution is 7.11. The summed E-state index contributed by atoms with van der Waals surface area (Å²) in [6.45, 7) is 5.33. The van der Waals surface area contributed by atoms with Crippen LogP contribution in [0.3, 0.4) is 0 Å². The lowest BCUT2D eigenvalue weighted by molar-refractivity contribution is -0.192. The molecule has 0 bridgehead atoms. The van der Waals surface area contributed by atoms with Gasteiger partial charge in [0.25, 0.3) is 0 Å². The van der Waals surface area contributed by atoms with E-state index in [0.29, 0.717) is 12.5 Å². The van der Waals surface area contributed by atoms with Crippen LogP contribution in [0.5, 0.6) is 5.75 Å². The molecule has 2 aliphatic heterocycles. The highest BCUT2D eigenvalue weighted by Crippen LogP contribution is 2.46. The van der Waals surface area contributed by atoms with Crippen LogP contribution in [-0.2, 0) is 16.1 Å². The summed E-state index contributed by atoms with van der Waals surface area (Å²) >= 11 is 1.90. The second-order valence-corrected chi connectivity index (χ2v) is 11.6. The molecule has 1 unspecified atom stereocenters. The maximum atomic E-state index is 12.7. The molecule has 1 aliphatic carbocycles. The van der Waals surface area contributed by atoms with Crippen LogP contribution in [0.2, 0.25) is 0 Å². The van der Waals surface area contributed by atoms with Gasteiger partial charge in [0, 0.05) is 47.8 Å². The lowest BCUT2D eigenvalue weighted by Gasteiger charge is -2.47. The standard InChI is InChI=1S/C25H32N2O2S.C2HF3O2/c1-18-9-10-21(30-18)17-27-13-11-25(12-14-27)16-19(15-24(28)26-20-5-4-6-20)22-7-2-3-8-23(22)29-25;3-2(4,5)1(6)7/h2-3,7-10,19-20H,4-6,11-17H2,1H3,(H,26,28);(H,6,7). The van der Waals surface area contributed by atoms with E-state index in [2.05, 4.69) is 53.5 Å². The number of aliphatic carboxylic acids is 1. The van der Waals surface area contributed by atoms with Crippen molar-refractivity contribution in [2.24, 2.45) is 0 Å². The summed E-state index contributed by atoms with van der Waals surface area (Å²) in [7, 11) is 0. The molecule has 1 spiro atoms. The molecule has 5 rings (SSSR count). The summed E-state index contributed by atoms with van der Waals surface area (Å²) in [5.74, 6) is -1.30. The fourth-order valence-electron chi connectivity index (χ4n) is 5.21. The van der Waals surface area contributed by atoms with Crippen molar-refractivity contribution in [1.29, 1.82) is 0 Å². The van der Waals surface area contributed by atoms with E-state index < -0.39 is 12.1 Å². The average Bonchev–Trinajstić information content (AvgIpc) is 3.22. The van der Waals surface area contributed by atoms with Gasteiger partial charge < -0.3 is 15.2 Å². The quantitative estimate of drug-likeness (QED) is 0.515. The summed E-state index contributed by atoms with van der Waals surface area (Å²) < 4.78 is 38.4. The highest BCUT2D eigenvalue weighted by atomic mass is 32.1. The van der Waals surface area contributed by atoms with Crippen molar-refractivity contribution in [3.63, 3.8) is 0 Å². The number of rotatable bonds is 5. The minimum Gasteiger partial charge on any atom is -0.487 e. The molecule has 1 amide bonds. The first-order valence-corrected chi connectivity index (χ1v) is 13.5. The summed E-state index contributed by atoms with van der Waals surface area (Å²) in [4.78, 5) is 27.0. The van der Waals surface area contributed by atoms with Crippen molar-refractivity contribution in [1.82, 2.24) is 10.2 Å². The Morgan fingerprint density at radius 3 is 2.41 bits per heavy atom. The van der Waals surface area contributed by atoms with Gasteiger partial charge in [0.15, 0.2) is 0 Å². The molecule has 1 saturated carbocycles. The third kappa shape index (κ3) is 7.25. The van der Waals surface area contributed by atoms with Gasteiger partial charge in [0.1, 0.15) is 11.4 Å². The Balaban J connectivity index is 0.000000405. The number of ether oxygens (including phenoxy) is 1.